The van der Waals surface area contributed by atoms with E-state index in [2.05, 4.69) is 5.32 Å². The van der Waals surface area contributed by atoms with Crippen LogP contribution in [0.3, 0.4) is 0 Å². The van der Waals surface area contributed by atoms with Gasteiger partial charge in [0.15, 0.2) is 12.2 Å². The molecule has 2 amide bonds. The zero-order valence-corrected chi connectivity index (χ0v) is 17.6. The molecule has 2 atom stereocenters. The van der Waals surface area contributed by atoms with Gasteiger partial charge in [0, 0.05) is 19.6 Å². The van der Waals surface area contributed by atoms with E-state index >= 15 is 0 Å². The Kier molecular flexibility index (Phi) is 6.63. The Morgan fingerprint density at radius 1 is 0.812 bits per heavy atom. The van der Waals surface area contributed by atoms with Gasteiger partial charge in [0.05, 0.1) is 0 Å². The first-order chi connectivity index (χ1) is 15.5. The molecule has 3 aromatic carbocycles. The summed E-state index contributed by atoms with van der Waals surface area (Å²) in [6.45, 7) is 0.978. The number of aliphatic hydroxyl groups excluding tert-OH is 2. The highest BCUT2D eigenvalue weighted by atomic mass is 16.3. The highest BCUT2D eigenvalue weighted by molar-refractivity contribution is 5.90. The van der Waals surface area contributed by atoms with Crippen LogP contribution in [0.2, 0.25) is 0 Å². The van der Waals surface area contributed by atoms with E-state index in [4.69, 9.17) is 0 Å². The zero-order chi connectivity index (χ0) is 22.5. The standard InChI is InChI=1S/C26H26N2O4/c29-23(24(30)26(32)28-15-14-20-8-4-5-9-22(20)17-28)25(31)27-16-18-10-12-21(13-11-18)19-6-2-1-3-7-19/h1-13,23-24,29-30H,14-17H2,(H,27,31)/t23-,24?/m1/s1. The summed E-state index contributed by atoms with van der Waals surface area (Å²) in [7, 11) is 0. The van der Waals surface area contributed by atoms with Crippen LogP contribution < -0.4 is 5.32 Å². The number of hydrogen-bond acceptors (Lipinski definition) is 4. The predicted octanol–water partition coefficient (Wildman–Crippen LogP) is 2.28. The summed E-state index contributed by atoms with van der Waals surface area (Å²) < 4.78 is 0. The molecule has 164 valence electrons. The van der Waals surface area contributed by atoms with E-state index in [1.165, 1.54) is 10.5 Å². The lowest BCUT2D eigenvalue weighted by Crippen LogP contribution is -2.51. The van der Waals surface area contributed by atoms with Crippen LogP contribution >= 0.6 is 0 Å². The van der Waals surface area contributed by atoms with Crippen molar-refractivity contribution in [2.75, 3.05) is 6.54 Å². The maximum atomic E-state index is 12.6. The van der Waals surface area contributed by atoms with Crippen LogP contribution in [0, 0.1) is 0 Å². The number of amides is 2. The third kappa shape index (κ3) is 4.88. The van der Waals surface area contributed by atoms with Crippen molar-refractivity contribution < 1.29 is 19.8 Å². The smallest absolute Gasteiger partial charge is 0.255 e. The van der Waals surface area contributed by atoms with E-state index in [0.717, 1.165) is 22.3 Å². The van der Waals surface area contributed by atoms with Crippen molar-refractivity contribution in [1.29, 1.82) is 0 Å². The van der Waals surface area contributed by atoms with E-state index in [0.29, 0.717) is 19.5 Å². The number of aliphatic hydroxyl groups is 2. The first kappa shape index (κ1) is 21.7. The molecule has 0 aliphatic carbocycles. The molecule has 1 aliphatic rings. The molecule has 0 saturated heterocycles. The summed E-state index contributed by atoms with van der Waals surface area (Å²) in [5.74, 6) is -1.43. The van der Waals surface area contributed by atoms with Crippen molar-refractivity contribution >= 4 is 11.8 Å². The lowest BCUT2D eigenvalue weighted by Gasteiger charge is -2.31. The number of carbonyl (C=O) groups is 2. The highest BCUT2D eigenvalue weighted by Crippen LogP contribution is 2.20. The highest BCUT2D eigenvalue weighted by Gasteiger charge is 2.34. The Balaban J connectivity index is 1.31. The fourth-order valence-electron chi connectivity index (χ4n) is 3.89. The van der Waals surface area contributed by atoms with Gasteiger partial charge in [0.1, 0.15) is 0 Å². The molecule has 0 spiro atoms. The van der Waals surface area contributed by atoms with Gasteiger partial charge in [-0.05, 0) is 34.2 Å². The molecule has 3 N–H and O–H groups in total. The second-order valence-corrected chi connectivity index (χ2v) is 7.95. The predicted molar refractivity (Wildman–Crippen MR) is 121 cm³/mol. The summed E-state index contributed by atoms with van der Waals surface area (Å²) >= 11 is 0. The van der Waals surface area contributed by atoms with Gasteiger partial charge in [-0.2, -0.15) is 0 Å². The number of nitrogens with one attached hydrogen (secondary N) is 1. The van der Waals surface area contributed by atoms with E-state index in [1.54, 1.807) is 0 Å². The van der Waals surface area contributed by atoms with E-state index in [9.17, 15) is 19.8 Å². The molecule has 0 fully saturated rings. The molecule has 3 aromatic rings. The summed E-state index contributed by atoms with van der Waals surface area (Å²) in [6.07, 6.45) is -2.96. The second-order valence-electron chi connectivity index (χ2n) is 7.95. The van der Waals surface area contributed by atoms with Gasteiger partial charge < -0.3 is 20.4 Å². The van der Waals surface area contributed by atoms with Gasteiger partial charge in [0.2, 0.25) is 0 Å². The largest absolute Gasteiger partial charge is 0.380 e. The number of fused-ring (bicyclic) bond motifs is 1. The fourth-order valence-corrected chi connectivity index (χ4v) is 3.89. The molecule has 1 heterocycles. The Hall–Kier alpha value is -3.48. The van der Waals surface area contributed by atoms with Crippen LogP contribution in [0.1, 0.15) is 16.7 Å². The SMILES string of the molecule is O=C(NCc1ccc(-c2ccccc2)cc1)[C@H](O)C(O)C(=O)N1CCc2ccccc2C1. The Labute approximate surface area is 187 Å². The van der Waals surface area contributed by atoms with Gasteiger partial charge in [0.25, 0.3) is 11.8 Å². The zero-order valence-electron chi connectivity index (χ0n) is 17.6. The van der Waals surface area contributed by atoms with Crippen molar-refractivity contribution in [2.45, 2.75) is 31.7 Å². The normalized spacial score (nSPS) is 14.9. The maximum Gasteiger partial charge on any atom is 0.255 e. The lowest BCUT2D eigenvalue weighted by atomic mass is 9.99. The summed E-state index contributed by atoms with van der Waals surface area (Å²) in [5.41, 5.74) is 5.18. The average molecular weight is 431 g/mol. The number of carbonyl (C=O) groups excluding carboxylic acids is 2. The number of benzene rings is 3. The molecule has 32 heavy (non-hydrogen) atoms. The third-order valence-electron chi connectivity index (χ3n) is 5.79. The van der Waals surface area contributed by atoms with E-state index < -0.39 is 24.0 Å². The van der Waals surface area contributed by atoms with Crippen LogP contribution in [0.15, 0.2) is 78.9 Å². The Bertz CT molecular complexity index is 1080. The second kappa shape index (κ2) is 9.77. The van der Waals surface area contributed by atoms with E-state index in [-0.39, 0.29) is 6.54 Å². The minimum atomic E-state index is -1.83. The molecule has 1 aliphatic heterocycles. The lowest BCUT2D eigenvalue weighted by molar-refractivity contribution is -0.153. The van der Waals surface area contributed by atoms with Crippen LogP contribution in [-0.4, -0.2) is 45.7 Å². The molecule has 1 unspecified atom stereocenters. The van der Waals surface area contributed by atoms with Crippen molar-refractivity contribution in [3.8, 4) is 11.1 Å². The van der Waals surface area contributed by atoms with Crippen molar-refractivity contribution in [1.82, 2.24) is 10.2 Å². The molecule has 4 rings (SSSR count). The minimum Gasteiger partial charge on any atom is -0.380 e. The molecular formula is C26H26N2O4. The summed E-state index contributed by atoms with van der Waals surface area (Å²) in [6, 6.07) is 25.5. The molecule has 0 bridgehead atoms. The first-order valence-corrected chi connectivity index (χ1v) is 10.7. The molecular weight excluding hydrogens is 404 g/mol. The van der Waals surface area contributed by atoms with Crippen molar-refractivity contribution in [3.05, 3.63) is 95.6 Å². The quantitative estimate of drug-likeness (QED) is 0.560. The van der Waals surface area contributed by atoms with Gasteiger partial charge in [-0.15, -0.1) is 0 Å². The molecule has 0 aromatic heterocycles. The molecule has 6 heteroatoms. The third-order valence-corrected chi connectivity index (χ3v) is 5.79. The van der Waals surface area contributed by atoms with Gasteiger partial charge in [-0.1, -0.05) is 78.9 Å². The number of rotatable bonds is 6. The minimum absolute atomic E-state index is 0.183. The van der Waals surface area contributed by atoms with Gasteiger partial charge in [-0.3, -0.25) is 9.59 Å². The molecule has 0 saturated carbocycles. The number of hydrogen-bond donors (Lipinski definition) is 3. The fraction of sp³-hybridized carbons (Fsp3) is 0.231. The number of nitrogens with zero attached hydrogens (tertiary/aromatic N) is 1. The Morgan fingerprint density at radius 3 is 2.16 bits per heavy atom. The maximum absolute atomic E-state index is 12.6. The Morgan fingerprint density at radius 2 is 1.44 bits per heavy atom. The van der Waals surface area contributed by atoms with Crippen LogP contribution in [0.25, 0.3) is 11.1 Å². The van der Waals surface area contributed by atoms with Gasteiger partial charge >= 0.3 is 0 Å². The van der Waals surface area contributed by atoms with Crippen LogP contribution in [0.5, 0.6) is 0 Å². The first-order valence-electron chi connectivity index (χ1n) is 10.7. The monoisotopic (exact) mass is 430 g/mol. The van der Waals surface area contributed by atoms with Crippen molar-refractivity contribution in [3.63, 3.8) is 0 Å². The average Bonchev–Trinajstić information content (AvgIpc) is 2.86. The van der Waals surface area contributed by atoms with E-state index in [1.807, 2.05) is 78.9 Å². The summed E-state index contributed by atoms with van der Waals surface area (Å²) in [4.78, 5) is 26.5. The topological polar surface area (TPSA) is 89.9 Å². The van der Waals surface area contributed by atoms with Crippen LogP contribution in [-0.2, 0) is 29.1 Å². The molecule has 0 radical (unpaired) electrons. The summed E-state index contributed by atoms with van der Waals surface area (Å²) in [5, 5.41) is 23.2. The molecule has 6 nitrogen and oxygen atoms in total. The van der Waals surface area contributed by atoms with Crippen LogP contribution in [0.4, 0.5) is 0 Å². The van der Waals surface area contributed by atoms with Crippen molar-refractivity contribution in [2.24, 2.45) is 0 Å². The van der Waals surface area contributed by atoms with Gasteiger partial charge in [-0.25, -0.2) is 0 Å².